The van der Waals surface area contributed by atoms with Crippen LogP contribution in [-0.2, 0) is 9.59 Å². The van der Waals surface area contributed by atoms with Crippen LogP contribution in [0.1, 0.15) is 83.9 Å². The van der Waals surface area contributed by atoms with Crippen LogP contribution in [0.5, 0.6) is 0 Å². The van der Waals surface area contributed by atoms with Crippen LogP contribution in [0.15, 0.2) is 36.4 Å². The van der Waals surface area contributed by atoms with Gasteiger partial charge in [0.05, 0.1) is 12.5 Å². The zero-order valence-electron chi connectivity index (χ0n) is 30.1. The summed E-state index contributed by atoms with van der Waals surface area (Å²) in [5.74, 6) is -2.13. The highest BCUT2D eigenvalue weighted by Crippen LogP contribution is 2.41. The summed E-state index contributed by atoms with van der Waals surface area (Å²) in [5, 5.41) is 16.1. The molecule has 1 aromatic heterocycles. The summed E-state index contributed by atoms with van der Waals surface area (Å²) in [6, 6.07) is 8.27. The van der Waals surface area contributed by atoms with Gasteiger partial charge in [-0.05, 0) is 129 Å². The number of aliphatic carboxylic acids is 1. The van der Waals surface area contributed by atoms with Crippen molar-refractivity contribution >= 4 is 35.2 Å². The Morgan fingerprint density at radius 2 is 1.60 bits per heavy atom. The van der Waals surface area contributed by atoms with E-state index in [1.54, 1.807) is 25.1 Å². The molecule has 9 nitrogen and oxygen atoms in total. The molecule has 50 heavy (non-hydrogen) atoms. The van der Waals surface area contributed by atoms with Crippen molar-refractivity contribution in [3.63, 3.8) is 0 Å². The average molecular weight is 706 g/mol. The molecule has 268 valence electrons. The molecule has 1 spiro atoms. The maximum Gasteiger partial charge on any atom is 0.305 e. The Balaban J connectivity index is 1.38. The summed E-state index contributed by atoms with van der Waals surface area (Å²) in [4.78, 5) is 49.0. The van der Waals surface area contributed by atoms with Crippen LogP contribution in [0.25, 0.3) is 11.1 Å². The molecule has 0 radical (unpaired) electrons. The lowest BCUT2D eigenvalue weighted by atomic mass is 9.72. The Morgan fingerprint density at radius 1 is 0.960 bits per heavy atom. The fourth-order valence-corrected chi connectivity index (χ4v) is 8.08. The zero-order chi connectivity index (χ0) is 36.5. The number of amides is 2. The molecule has 2 saturated heterocycles. The SMILES string of the molecule is Cc1ccc(C(=O)N[C@@H](CC(C)C)C(=O)N[C@@H](CC(=O)O)c2cc(-c3c(C)cc(Cl)cc3C)cc(C)c2F)nc1N1CCC2(CC1)CN(C)C2. The number of piperidine rings is 1. The minimum atomic E-state index is -1.20. The number of likely N-dealkylation sites (tertiary alicyclic amines) is 1. The van der Waals surface area contributed by atoms with Crippen molar-refractivity contribution in [3.05, 3.63) is 80.7 Å². The number of pyridine rings is 1. The summed E-state index contributed by atoms with van der Waals surface area (Å²) in [6.45, 7) is 15.2. The number of rotatable bonds is 11. The minimum Gasteiger partial charge on any atom is -0.481 e. The Kier molecular flexibility index (Phi) is 11.2. The number of nitrogens with one attached hydrogen (secondary N) is 2. The van der Waals surface area contributed by atoms with Gasteiger partial charge in [-0.2, -0.15) is 0 Å². The van der Waals surface area contributed by atoms with E-state index in [1.165, 1.54) is 0 Å². The zero-order valence-corrected chi connectivity index (χ0v) is 30.9. The molecule has 0 bridgehead atoms. The first-order valence-electron chi connectivity index (χ1n) is 17.4. The Hall–Kier alpha value is -4.02. The van der Waals surface area contributed by atoms with Crippen LogP contribution < -0.4 is 15.5 Å². The van der Waals surface area contributed by atoms with Crippen molar-refractivity contribution in [1.82, 2.24) is 20.5 Å². The fourth-order valence-electron chi connectivity index (χ4n) is 7.75. The number of carbonyl (C=O) groups excluding carboxylic acids is 2. The number of carboxylic acids is 1. The lowest BCUT2D eigenvalue weighted by Crippen LogP contribution is -2.58. The predicted molar refractivity (Wildman–Crippen MR) is 195 cm³/mol. The second kappa shape index (κ2) is 15.1. The smallest absolute Gasteiger partial charge is 0.305 e. The minimum absolute atomic E-state index is 0.00916. The summed E-state index contributed by atoms with van der Waals surface area (Å²) in [6.07, 6.45) is 1.88. The van der Waals surface area contributed by atoms with Gasteiger partial charge in [0.15, 0.2) is 0 Å². The summed E-state index contributed by atoms with van der Waals surface area (Å²) in [7, 11) is 2.14. The largest absolute Gasteiger partial charge is 0.481 e. The maximum absolute atomic E-state index is 15.8. The van der Waals surface area contributed by atoms with Gasteiger partial charge in [-0.25, -0.2) is 9.37 Å². The normalized spacial score (nSPS) is 17.0. The van der Waals surface area contributed by atoms with Crippen LogP contribution in [-0.4, -0.2) is 72.0 Å². The predicted octanol–water partition coefficient (Wildman–Crippen LogP) is 6.78. The van der Waals surface area contributed by atoms with Crippen LogP contribution in [0.4, 0.5) is 10.2 Å². The molecular formula is C39H49ClFN5O4. The molecule has 0 unspecified atom stereocenters. The summed E-state index contributed by atoms with van der Waals surface area (Å²) < 4.78 is 15.8. The van der Waals surface area contributed by atoms with Crippen LogP contribution in [0, 0.1) is 44.8 Å². The van der Waals surface area contributed by atoms with E-state index in [0.29, 0.717) is 21.6 Å². The van der Waals surface area contributed by atoms with Crippen molar-refractivity contribution in [1.29, 1.82) is 0 Å². The molecule has 2 aromatic carbocycles. The van der Waals surface area contributed by atoms with E-state index in [9.17, 15) is 19.5 Å². The quantitative estimate of drug-likeness (QED) is 0.202. The van der Waals surface area contributed by atoms with Crippen LogP contribution >= 0.6 is 11.6 Å². The number of aromatic nitrogens is 1. The third kappa shape index (κ3) is 8.29. The molecule has 3 heterocycles. The number of aryl methyl sites for hydroxylation is 4. The van der Waals surface area contributed by atoms with E-state index in [-0.39, 0.29) is 23.6 Å². The second-order valence-corrected chi connectivity index (χ2v) is 15.4. The number of benzene rings is 2. The van der Waals surface area contributed by atoms with E-state index in [1.807, 2.05) is 52.8 Å². The lowest BCUT2D eigenvalue weighted by molar-refractivity contribution is -0.137. The monoisotopic (exact) mass is 705 g/mol. The Morgan fingerprint density at radius 3 is 2.18 bits per heavy atom. The number of hydrogen-bond donors (Lipinski definition) is 3. The topological polar surface area (TPSA) is 115 Å². The number of nitrogens with zero attached hydrogens (tertiary/aromatic N) is 3. The highest BCUT2D eigenvalue weighted by atomic mass is 35.5. The highest BCUT2D eigenvalue weighted by Gasteiger charge is 2.43. The van der Waals surface area contributed by atoms with Crippen molar-refractivity contribution in [2.75, 3.05) is 38.1 Å². The number of hydrogen-bond acceptors (Lipinski definition) is 6. The standard InChI is InChI=1S/C39H49ClFN5O4/c1-22(2)14-32(44-37(49)30-9-8-23(3)36(42-30)46-12-10-39(11-13-46)20-45(7)21-39)38(50)43-31(19-33(47)48)29-18-27(15-26(6)35(29)41)34-24(4)16-28(40)17-25(34)5/h8-9,15-18,22,31-32H,10-14,19-21H2,1-7H3,(H,43,50)(H,44,49)(H,47,48)/t31-,32-/m0/s1. The number of carbonyl (C=O) groups is 3. The van der Waals surface area contributed by atoms with Crippen LogP contribution in [0.2, 0.25) is 5.02 Å². The fraction of sp³-hybridized carbons (Fsp3) is 0.487. The second-order valence-electron chi connectivity index (χ2n) is 14.9. The Labute approximate surface area is 299 Å². The number of halogens is 2. The number of anilines is 1. The molecule has 3 N–H and O–H groups in total. The first kappa shape index (κ1) is 37.2. The molecule has 2 fully saturated rings. The molecule has 2 atom stereocenters. The van der Waals surface area contributed by atoms with Gasteiger partial charge >= 0.3 is 5.97 Å². The number of carboxylic acid groups (broad SMARTS) is 1. The lowest BCUT2D eigenvalue weighted by Gasteiger charge is -2.53. The first-order chi connectivity index (χ1) is 23.6. The van der Waals surface area contributed by atoms with Crippen LogP contribution in [0.3, 0.4) is 0 Å². The molecule has 11 heteroatoms. The Bertz CT molecular complexity index is 1760. The summed E-state index contributed by atoms with van der Waals surface area (Å²) >= 11 is 6.26. The molecule has 0 saturated carbocycles. The maximum atomic E-state index is 15.8. The van der Waals surface area contributed by atoms with Gasteiger partial charge in [-0.3, -0.25) is 14.4 Å². The highest BCUT2D eigenvalue weighted by molar-refractivity contribution is 6.30. The van der Waals surface area contributed by atoms with E-state index >= 15 is 4.39 Å². The van der Waals surface area contributed by atoms with Crippen molar-refractivity contribution in [2.45, 2.75) is 79.3 Å². The molecule has 2 amide bonds. The van der Waals surface area contributed by atoms with Gasteiger partial charge in [0, 0.05) is 36.8 Å². The van der Waals surface area contributed by atoms with Crippen molar-refractivity contribution in [3.8, 4) is 11.1 Å². The van der Waals surface area contributed by atoms with Gasteiger partial charge in [-0.15, -0.1) is 0 Å². The van der Waals surface area contributed by atoms with Gasteiger partial charge in [0.2, 0.25) is 5.91 Å². The molecule has 0 aliphatic carbocycles. The molecule has 5 rings (SSSR count). The van der Waals surface area contributed by atoms with E-state index < -0.39 is 42.1 Å². The van der Waals surface area contributed by atoms with Gasteiger partial charge in [0.25, 0.3) is 5.91 Å². The third-order valence-electron chi connectivity index (χ3n) is 10.1. The van der Waals surface area contributed by atoms with Gasteiger partial charge < -0.3 is 25.5 Å². The average Bonchev–Trinajstić information content (AvgIpc) is 3.01. The molecule has 2 aliphatic heterocycles. The van der Waals surface area contributed by atoms with Gasteiger partial charge in [0.1, 0.15) is 23.4 Å². The van der Waals surface area contributed by atoms with Gasteiger partial charge in [-0.1, -0.05) is 31.5 Å². The third-order valence-corrected chi connectivity index (χ3v) is 10.3. The first-order valence-corrected chi connectivity index (χ1v) is 17.7. The molecular weight excluding hydrogens is 657 g/mol. The molecule has 2 aliphatic rings. The summed E-state index contributed by atoms with van der Waals surface area (Å²) in [5.41, 5.74) is 5.22. The van der Waals surface area contributed by atoms with Crippen molar-refractivity contribution < 1.29 is 23.9 Å². The van der Waals surface area contributed by atoms with E-state index in [0.717, 1.165) is 67.1 Å². The van der Waals surface area contributed by atoms with E-state index in [4.69, 9.17) is 16.6 Å². The van der Waals surface area contributed by atoms with Crippen molar-refractivity contribution in [2.24, 2.45) is 11.3 Å². The molecule has 3 aromatic rings. The van der Waals surface area contributed by atoms with E-state index in [2.05, 4.69) is 27.5 Å².